The normalized spacial score (nSPS) is 20.6. The van der Waals surface area contributed by atoms with Crippen LogP contribution in [0.2, 0.25) is 0 Å². The summed E-state index contributed by atoms with van der Waals surface area (Å²) in [5, 5.41) is 0. The van der Waals surface area contributed by atoms with Gasteiger partial charge in [-0.15, -0.1) is 0 Å². The molecule has 0 aromatic rings. The molecule has 0 radical (unpaired) electrons. The van der Waals surface area contributed by atoms with E-state index in [2.05, 4.69) is 6.92 Å². The smallest absolute Gasteiger partial charge is 0.400 e. The summed E-state index contributed by atoms with van der Waals surface area (Å²) in [7, 11) is -3.80. The Morgan fingerprint density at radius 1 is 1.00 bits per heavy atom. The first-order chi connectivity index (χ1) is 11.1. The summed E-state index contributed by atoms with van der Waals surface area (Å²) in [5.41, 5.74) is -0.00168. The zero-order chi connectivity index (χ0) is 18.4. The van der Waals surface area contributed by atoms with Crippen LogP contribution >= 0.6 is 7.60 Å². The van der Waals surface area contributed by atoms with E-state index >= 15 is 0 Å². The van der Waals surface area contributed by atoms with Crippen LogP contribution < -0.4 is 0 Å². The Hall–Kier alpha value is -0.125. The first-order valence-corrected chi connectivity index (χ1v) is 10.7. The van der Waals surface area contributed by atoms with E-state index in [0.717, 1.165) is 31.2 Å². The summed E-state index contributed by atoms with van der Waals surface area (Å²) in [6.45, 7) is 14.5. The molecule has 0 atom stereocenters. The maximum absolute atomic E-state index is 12.9. The van der Waals surface area contributed by atoms with Gasteiger partial charge in [0.15, 0.2) is 0 Å². The lowest BCUT2D eigenvalue weighted by atomic mass is 9.76. The SMILES string of the molecule is CCCCC/C(=C\P(=O)(OCC)OCC)B1OC(C)(C)C(C)(C)O1. The molecule has 0 unspecified atom stereocenters. The zero-order valence-corrected chi connectivity index (χ0v) is 17.3. The number of hydrogen-bond donors (Lipinski definition) is 0. The zero-order valence-electron chi connectivity index (χ0n) is 16.4. The molecule has 0 aromatic heterocycles. The molecule has 1 aliphatic rings. The molecule has 1 rings (SSSR count). The van der Waals surface area contributed by atoms with Gasteiger partial charge in [-0.1, -0.05) is 26.2 Å². The minimum atomic E-state index is -3.28. The summed E-state index contributed by atoms with van der Waals surface area (Å²) < 4.78 is 36.0. The van der Waals surface area contributed by atoms with Gasteiger partial charge in [0.1, 0.15) is 0 Å². The number of hydrogen-bond acceptors (Lipinski definition) is 5. The van der Waals surface area contributed by atoms with E-state index in [9.17, 15) is 4.57 Å². The highest BCUT2D eigenvalue weighted by Gasteiger charge is 2.52. The molecule has 0 bridgehead atoms. The molecule has 0 N–H and O–H groups in total. The highest BCUT2D eigenvalue weighted by molar-refractivity contribution is 7.57. The maximum atomic E-state index is 12.9. The van der Waals surface area contributed by atoms with Gasteiger partial charge >= 0.3 is 14.7 Å². The largest absolute Gasteiger partial charge is 0.490 e. The monoisotopic (exact) mass is 360 g/mol. The Bertz CT molecular complexity index is 450. The van der Waals surface area contributed by atoms with Crippen LogP contribution in [-0.4, -0.2) is 31.5 Å². The van der Waals surface area contributed by atoms with Gasteiger partial charge in [0.2, 0.25) is 0 Å². The van der Waals surface area contributed by atoms with Crippen molar-refractivity contribution in [1.29, 1.82) is 0 Å². The van der Waals surface area contributed by atoms with E-state index in [1.165, 1.54) is 0 Å². The topological polar surface area (TPSA) is 54.0 Å². The second-order valence-electron chi connectivity index (χ2n) is 7.12. The molecule has 5 nitrogen and oxygen atoms in total. The lowest BCUT2D eigenvalue weighted by Crippen LogP contribution is -2.41. The molecule has 1 saturated heterocycles. The van der Waals surface area contributed by atoms with Crippen LogP contribution in [0, 0.1) is 0 Å². The summed E-state index contributed by atoms with van der Waals surface area (Å²) in [6.07, 6.45) is 3.97. The third-order valence-corrected chi connectivity index (χ3v) is 6.45. The fourth-order valence-corrected chi connectivity index (χ4v) is 4.09. The van der Waals surface area contributed by atoms with Crippen LogP contribution in [0.4, 0.5) is 0 Å². The molecule has 7 heteroatoms. The van der Waals surface area contributed by atoms with Gasteiger partial charge < -0.3 is 18.4 Å². The third kappa shape index (κ3) is 5.71. The second kappa shape index (κ2) is 9.00. The van der Waals surface area contributed by atoms with Gasteiger partial charge in [-0.3, -0.25) is 4.57 Å². The fourth-order valence-electron chi connectivity index (χ4n) is 2.49. The predicted molar refractivity (Wildman–Crippen MR) is 99.2 cm³/mol. The third-order valence-electron chi connectivity index (χ3n) is 4.57. The lowest BCUT2D eigenvalue weighted by molar-refractivity contribution is 0.00578. The highest BCUT2D eigenvalue weighted by Crippen LogP contribution is 2.52. The molecular weight excluding hydrogens is 326 g/mol. The van der Waals surface area contributed by atoms with Crippen LogP contribution in [0.25, 0.3) is 0 Å². The van der Waals surface area contributed by atoms with Crippen molar-refractivity contribution in [3.63, 3.8) is 0 Å². The van der Waals surface area contributed by atoms with Gasteiger partial charge in [0.05, 0.1) is 24.4 Å². The van der Waals surface area contributed by atoms with E-state index in [-0.39, 0.29) is 0 Å². The summed E-state index contributed by atoms with van der Waals surface area (Å²) in [4.78, 5) is 0. The summed E-state index contributed by atoms with van der Waals surface area (Å²) in [5.74, 6) is 1.62. The molecule has 0 amide bonds. The fraction of sp³-hybridized carbons (Fsp3) is 0.882. The average Bonchev–Trinajstić information content (AvgIpc) is 2.67. The molecule has 0 aromatic carbocycles. The predicted octanol–water partition coefficient (Wildman–Crippen LogP) is 5.35. The first kappa shape index (κ1) is 21.9. The molecule has 0 aliphatic carbocycles. The average molecular weight is 360 g/mol. The van der Waals surface area contributed by atoms with Crippen molar-refractivity contribution < 1.29 is 22.9 Å². The van der Waals surface area contributed by atoms with Gasteiger partial charge in [-0.05, 0) is 53.4 Å². The number of allylic oxidation sites excluding steroid dienone is 1. The Labute approximate surface area is 148 Å². The van der Waals surface area contributed by atoms with Crippen molar-refractivity contribution in [3.05, 3.63) is 11.3 Å². The Morgan fingerprint density at radius 3 is 1.92 bits per heavy atom. The standard InChI is InChI=1S/C17H34BO5P/c1-8-11-12-13-15(14-24(19,20-9-2)21-10-3)18-22-16(4,5)17(6,7)23-18/h14H,8-13H2,1-7H3/b15-14+. The molecule has 24 heavy (non-hydrogen) atoms. The Balaban J connectivity index is 3.07. The quantitative estimate of drug-likeness (QED) is 0.299. The molecule has 1 heterocycles. The first-order valence-electron chi connectivity index (χ1n) is 9.07. The molecular formula is C17H34BO5P. The van der Waals surface area contributed by atoms with Crippen LogP contribution in [-0.2, 0) is 22.9 Å². The highest BCUT2D eigenvalue weighted by atomic mass is 31.2. The molecule has 0 spiro atoms. The van der Waals surface area contributed by atoms with Crippen LogP contribution in [0.15, 0.2) is 11.3 Å². The van der Waals surface area contributed by atoms with Gasteiger partial charge in [0.25, 0.3) is 0 Å². The summed E-state index contributed by atoms with van der Waals surface area (Å²) in [6, 6.07) is 0. The van der Waals surface area contributed by atoms with Crippen molar-refractivity contribution in [2.24, 2.45) is 0 Å². The van der Waals surface area contributed by atoms with E-state index in [0.29, 0.717) is 13.2 Å². The second-order valence-corrected chi connectivity index (χ2v) is 8.98. The van der Waals surface area contributed by atoms with Gasteiger partial charge in [-0.25, -0.2) is 0 Å². The Morgan fingerprint density at radius 2 is 1.50 bits per heavy atom. The molecule has 140 valence electrons. The molecule has 1 aliphatic heterocycles. The number of unbranched alkanes of at least 4 members (excludes halogenated alkanes) is 2. The minimum Gasteiger partial charge on any atom is -0.400 e. The summed E-state index contributed by atoms with van der Waals surface area (Å²) >= 11 is 0. The molecule has 1 fully saturated rings. The lowest BCUT2D eigenvalue weighted by Gasteiger charge is -2.32. The van der Waals surface area contributed by atoms with E-state index in [1.807, 2.05) is 41.5 Å². The van der Waals surface area contributed by atoms with Crippen molar-refractivity contribution in [2.45, 2.75) is 85.4 Å². The van der Waals surface area contributed by atoms with Crippen molar-refractivity contribution in [3.8, 4) is 0 Å². The van der Waals surface area contributed by atoms with Crippen molar-refractivity contribution in [1.82, 2.24) is 0 Å². The minimum absolute atomic E-state index is 0.333. The van der Waals surface area contributed by atoms with E-state index in [1.54, 1.807) is 5.82 Å². The van der Waals surface area contributed by atoms with E-state index in [4.69, 9.17) is 18.4 Å². The maximum Gasteiger partial charge on any atom is 0.490 e. The van der Waals surface area contributed by atoms with Gasteiger partial charge in [-0.2, -0.15) is 0 Å². The van der Waals surface area contributed by atoms with Crippen LogP contribution in [0.1, 0.15) is 74.1 Å². The van der Waals surface area contributed by atoms with E-state index < -0.39 is 25.9 Å². The van der Waals surface area contributed by atoms with Crippen molar-refractivity contribution in [2.75, 3.05) is 13.2 Å². The molecule has 0 saturated carbocycles. The van der Waals surface area contributed by atoms with Crippen LogP contribution in [0.5, 0.6) is 0 Å². The van der Waals surface area contributed by atoms with Crippen molar-refractivity contribution >= 4 is 14.7 Å². The Kier molecular flexibility index (Phi) is 8.22. The van der Waals surface area contributed by atoms with Gasteiger partial charge in [0, 0.05) is 5.82 Å². The van der Waals surface area contributed by atoms with Crippen LogP contribution in [0.3, 0.4) is 0 Å². The number of rotatable bonds is 10.